The molecule has 17 heavy (non-hydrogen) atoms. The summed E-state index contributed by atoms with van der Waals surface area (Å²) in [6.45, 7) is 0.649. The Kier molecular flexibility index (Phi) is 2.23. The molecule has 0 amide bonds. The zero-order chi connectivity index (χ0) is 15.2. The number of ether oxygens (including phenoxy) is 1. The van der Waals surface area contributed by atoms with Gasteiger partial charge >= 0.3 is 0 Å². The Morgan fingerprint density at radius 2 is 2.35 bits per heavy atom. The topological polar surface area (TPSA) is 124 Å². The average molecular weight is 245 g/mol. The van der Waals surface area contributed by atoms with E-state index in [0.29, 0.717) is 0 Å². The first kappa shape index (κ1) is 8.59. The minimum atomic E-state index is -2.87. The summed E-state index contributed by atoms with van der Waals surface area (Å²) in [5.41, 5.74) is 5.34. The molecule has 1 unspecified atom stereocenters. The Hall–Kier alpha value is -1.48. The first-order valence-electron chi connectivity index (χ1n) is 6.24. The molecule has 0 bridgehead atoms. The van der Waals surface area contributed by atoms with Gasteiger partial charge in [0.15, 0.2) is 6.23 Å². The van der Waals surface area contributed by atoms with Gasteiger partial charge in [-0.05, 0) is 0 Å². The minimum Gasteiger partial charge on any atom is -0.394 e. The van der Waals surface area contributed by atoms with Crippen LogP contribution in [0.15, 0.2) is 22.4 Å². The van der Waals surface area contributed by atoms with Gasteiger partial charge in [-0.25, -0.2) is 4.99 Å². The molecule has 0 aromatic carbocycles. The highest BCUT2D eigenvalue weighted by molar-refractivity contribution is 5.89. The molecule has 1 saturated heterocycles. The number of nitrogens with two attached hydrogens (primary N) is 1. The molecule has 2 heterocycles. The van der Waals surface area contributed by atoms with Gasteiger partial charge in [-0.1, -0.05) is 6.58 Å². The molecule has 0 aromatic heterocycles. The van der Waals surface area contributed by atoms with Gasteiger partial charge in [-0.3, -0.25) is 4.90 Å². The van der Waals surface area contributed by atoms with Gasteiger partial charge in [0.2, 0.25) is 5.96 Å². The highest BCUT2D eigenvalue weighted by atomic mass is 16.6. The molecule has 0 saturated carbocycles. The summed E-state index contributed by atoms with van der Waals surface area (Å²) < 4.78 is 27.0. The van der Waals surface area contributed by atoms with Gasteiger partial charge in [0.05, 0.1) is 9.30 Å². The zero-order valence-electron chi connectivity index (χ0n) is 11.7. The van der Waals surface area contributed by atoms with Crippen LogP contribution in [-0.4, -0.2) is 63.6 Å². The van der Waals surface area contributed by atoms with Crippen molar-refractivity contribution in [3.63, 3.8) is 0 Å². The Morgan fingerprint density at radius 3 is 2.88 bits per heavy atom. The van der Waals surface area contributed by atoms with Gasteiger partial charge < -0.3 is 25.8 Å². The average Bonchev–Trinajstić information content (AvgIpc) is 2.55. The van der Waals surface area contributed by atoms with E-state index < -0.39 is 37.4 Å². The van der Waals surface area contributed by atoms with Crippen LogP contribution in [0.25, 0.3) is 0 Å². The lowest BCUT2D eigenvalue weighted by Crippen LogP contribution is -2.44. The van der Waals surface area contributed by atoms with Crippen LogP contribution >= 0.6 is 0 Å². The quantitative estimate of drug-likeness (QED) is 0.428. The van der Waals surface area contributed by atoms with Crippen LogP contribution in [0.2, 0.25) is 0 Å². The molecule has 8 nitrogen and oxygen atoms in total. The maximum Gasteiger partial charge on any atom is 0.223 e. The summed E-state index contributed by atoms with van der Waals surface area (Å²) in [7, 11) is 0. The minimum absolute atomic E-state index is 0.0575. The molecule has 1 fully saturated rings. The van der Waals surface area contributed by atoms with Crippen LogP contribution in [-0.2, 0) is 4.74 Å². The Morgan fingerprint density at radius 1 is 1.65 bits per heavy atom. The van der Waals surface area contributed by atoms with Crippen LogP contribution in [0.4, 0.5) is 0 Å². The van der Waals surface area contributed by atoms with Crippen molar-refractivity contribution in [2.24, 2.45) is 15.7 Å². The molecule has 0 radical (unpaired) electrons. The molecule has 94 valence electrons. The molecular formula is C9H14N4O4. The second-order valence-electron chi connectivity index (χ2n) is 3.53. The van der Waals surface area contributed by atoms with E-state index >= 15 is 0 Å². The molecule has 5 N–H and O–H groups in total. The van der Waals surface area contributed by atoms with Crippen molar-refractivity contribution in [2.45, 2.75) is 24.5 Å². The SMILES string of the molecule is [2H]C1=NC(N)=NC(=C)N1[C@@H]1O[C@H](C([2H])([2H])O)[C@H](O)C1O. The largest absolute Gasteiger partial charge is 0.394 e. The Balaban J connectivity index is 2.27. The predicted octanol–water partition coefficient (Wildman–Crippen LogP) is -2.44. The van der Waals surface area contributed by atoms with E-state index in [1.165, 1.54) is 0 Å². The number of rotatable bonds is 2. The molecule has 2 rings (SSSR count). The molecule has 0 spiro atoms. The molecule has 4 atom stereocenters. The summed E-state index contributed by atoms with van der Waals surface area (Å²) >= 11 is 0. The second kappa shape index (κ2) is 4.41. The normalized spacial score (nSPS) is 41.5. The van der Waals surface area contributed by atoms with Crippen LogP contribution in [0, 0.1) is 0 Å². The van der Waals surface area contributed by atoms with Crippen molar-refractivity contribution in [1.29, 1.82) is 0 Å². The van der Waals surface area contributed by atoms with E-state index in [1.807, 2.05) is 0 Å². The van der Waals surface area contributed by atoms with Gasteiger partial charge in [0, 0.05) is 0 Å². The lowest BCUT2D eigenvalue weighted by molar-refractivity contribution is -0.0607. The van der Waals surface area contributed by atoms with Gasteiger partial charge in [0.25, 0.3) is 0 Å². The number of aliphatic imine (C=N–C) groups is 2. The van der Waals surface area contributed by atoms with Crippen molar-refractivity contribution < 1.29 is 24.2 Å². The molecule has 0 aliphatic carbocycles. The van der Waals surface area contributed by atoms with Crippen LogP contribution in [0.1, 0.15) is 4.11 Å². The highest BCUT2D eigenvalue weighted by Crippen LogP contribution is 2.26. The van der Waals surface area contributed by atoms with Gasteiger partial charge in [0.1, 0.15) is 31.8 Å². The van der Waals surface area contributed by atoms with Crippen molar-refractivity contribution in [2.75, 3.05) is 6.56 Å². The van der Waals surface area contributed by atoms with E-state index in [2.05, 4.69) is 16.6 Å². The number of hydrogen-bond donors (Lipinski definition) is 4. The fraction of sp³-hybridized carbons (Fsp3) is 0.556. The van der Waals surface area contributed by atoms with Crippen LogP contribution in [0.3, 0.4) is 0 Å². The maximum absolute atomic E-state index is 9.89. The summed E-state index contributed by atoms with van der Waals surface area (Å²) in [6.07, 6.45) is -6.77. The van der Waals surface area contributed by atoms with E-state index in [9.17, 15) is 15.3 Å². The van der Waals surface area contributed by atoms with Crippen LogP contribution in [0.5, 0.6) is 0 Å². The first-order chi connectivity index (χ1) is 9.12. The molecule has 2 aliphatic rings. The zero-order valence-corrected chi connectivity index (χ0v) is 8.69. The molecule has 8 heteroatoms. The fourth-order valence-corrected chi connectivity index (χ4v) is 1.56. The monoisotopic (exact) mass is 245 g/mol. The Bertz CT molecular complexity index is 492. The van der Waals surface area contributed by atoms with Gasteiger partial charge in [-0.15, -0.1) is 0 Å². The number of nitrogens with zero attached hydrogens (tertiary/aromatic N) is 3. The van der Waals surface area contributed by atoms with E-state index in [-0.39, 0.29) is 11.8 Å². The standard InChI is InChI=1S/C9H14N4O4/c1-4-12-9(10)11-3-13(4)8-7(16)6(15)5(2-14)17-8/h3,5-8,14-16H,1-2H2,(H2,10,12)/t5-,6+,7?,8-/m1/s1/i2D2,3D. The third kappa shape index (κ3) is 2.03. The third-order valence-corrected chi connectivity index (χ3v) is 2.41. The molecule has 2 aliphatic heterocycles. The van der Waals surface area contributed by atoms with Crippen molar-refractivity contribution >= 4 is 12.3 Å². The summed E-state index contributed by atoms with van der Waals surface area (Å²) in [6, 6.07) is 0. The molecule has 0 aromatic rings. The fourth-order valence-electron chi connectivity index (χ4n) is 1.56. The Labute approximate surface area is 102 Å². The predicted molar refractivity (Wildman–Crippen MR) is 58.9 cm³/mol. The number of guanidine groups is 1. The number of hydrogen-bond acceptors (Lipinski definition) is 8. The maximum atomic E-state index is 9.89. The summed E-state index contributed by atoms with van der Waals surface area (Å²) in [5.74, 6) is -0.253. The van der Waals surface area contributed by atoms with Crippen molar-refractivity contribution in [1.82, 2.24) is 4.90 Å². The van der Waals surface area contributed by atoms with Gasteiger partial charge in [-0.2, -0.15) is 4.99 Å². The number of aliphatic hydroxyl groups is 3. The summed E-state index contributed by atoms with van der Waals surface area (Å²) in [4.78, 5) is 8.19. The van der Waals surface area contributed by atoms with E-state index in [4.69, 9.17) is 14.6 Å². The highest BCUT2D eigenvalue weighted by Gasteiger charge is 2.45. The molecular weight excluding hydrogens is 228 g/mol. The summed E-state index contributed by atoms with van der Waals surface area (Å²) in [5, 5.41) is 28.9. The van der Waals surface area contributed by atoms with Crippen molar-refractivity contribution in [3.05, 3.63) is 12.4 Å². The second-order valence-corrected chi connectivity index (χ2v) is 3.53. The van der Waals surface area contributed by atoms with E-state index in [1.54, 1.807) is 0 Å². The number of aliphatic hydroxyl groups excluding tert-OH is 2. The number of amidine groups is 1. The van der Waals surface area contributed by atoms with Crippen LogP contribution < -0.4 is 5.73 Å². The van der Waals surface area contributed by atoms with Crippen molar-refractivity contribution in [3.8, 4) is 0 Å². The lowest BCUT2D eigenvalue weighted by atomic mass is 10.1. The first-order valence-corrected chi connectivity index (χ1v) is 4.74. The van der Waals surface area contributed by atoms with E-state index in [0.717, 1.165) is 4.90 Å². The third-order valence-electron chi connectivity index (χ3n) is 2.41. The lowest BCUT2D eigenvalue weighted by Gasteiger charge is -2.29. The smallest absolute Gasteiger partial charge is 0.223 e.